The van der Waals surface area contributed by atoms with Gasteiger partial charge in [0.2, 0.25) is 0 Å². The highest BCUT2D eigenvalue weighted by Gasteiger charge is 2.23. The third-order valence-electron chi connectivity index (χ3n) is 3.04. The van der Waals surface area contributed by atoms with Crippen molar-refractivity contribution < 1.29 is 14.3 Å². The summed E-state index contributed by atoms with van der Waals surface area (Å²) in [6.45, 7) is 4.32. The van der Waals surface area contributed by atoms with Crippen LogP contribution in [0.3, 0.4) is 0 Å². The molecule has 4 nitrogen and oxygen atoms in total. The third-order valence-corrected chi connectivity index (χ3v) is 3.79. The largest absolute Gasteiger partial charge is 0.481 e. The molecule has 0 radical (unpaired) electrons. The zero-order valence-corrected chi connectivity index (χ0v) is 12.1. The minimum Gasteiger partial charge on any atom is -0.481 e. The Morgan fingerprint density at radius 3 is 2.53 bits per heavy atom. The first kappa shape index (κ1) is 14.2. The quantitative estimate of drug-likeness (QED) is 0.792. The van der Waals surface area contributed by atoms with Crippen LogP contribution >= 0.6 is 11.8 Å². The summed E-state index contributed by atoms with van der Waals surface area (Å²) in [4.78, 5) is 15.1. The smallest absolute Gasteiger partial charge is 0.263 e. The molecule has 1 aliphatic heterocycles. The Balaban J connectivity index is 1.91. The van der Waals surface area contributed by atoms with Crippen LogP contribution in [0.1, 0.15) is 6.92 Å². The molecule has 1 fully saturated rings. The van der Waals surface area contributed by atoms with Crippen molar-refractivity contribution in [3.05, 3.63) is 24.3 Å². The summed E-state index contributed by atoms with van der Waals surface area (Å²) in [6, 6.07) is 7.78. The fourth-order valence-corrected chi connectivity index (χ4v) is 2.36. The van der Waals surface area contributed by atoms with Crippen molar-refractivity contribution in [3.63, 3.8) is 0 Å². The fourth-order valence-electron chi connectivity index (χ4n) is 1.95. The van der Waals surface area contributed by atoms with Crippen molar-refractivity contribution in [2.45, 2.75) is 17.9 Å². The van der Waals surface area contributed by atoms with Crippen molar-refractivity contribution in [1.29, 1.82) is 0 Å². The summed E-state index contributed by atoms with van der Waals surface area (Å²) in [5, 5.41) is 0. The first-order chi connectivity index (χ1) is 9.20. The molecule has 1 saturated heterocycles. The van der Waals surface area contributed by atoms with Gasteiger partial charge in [-0.3, -0.25) is 4.79 Å². The maximum absolute atomic E-state index is 12.2. The van der Waals surface area contributed by atoms with E-state index in [9.17, 15) is 4.79 Å². The highest BCUT2D eigenvalue weighted by molar-refractivity contribution is 7.98. The van der Waals surface area contributed by atoms with Crippen molar-refractivity contribution in [2.75, 3.05) is 32.6 Å². The third kappa shape index (κ3) is 3.88. The Hall–Kier alpha value is -1.20. The van der Waals surface area contributed by atoms with Crippen LogP contribution in [-0.2, 0) is 9.53 Å². The number of benzene rings is 1. The van der Waals surface area contributed by atoms with Gasteiger partial charge in [0, 0.05) is 18.0 Å². The Labute approximate surface area is 118 Å². The van der Waals surface area contributed by atoms with Crippen LogP contribution in [0, 0.1) is 0 Å². The van der Waals surface area contributed by atoms with E-state index in [0.29, 0.717) is 26.3 Å². The Morgan fingerprint density at radius 2 is 1.95 bits per heavy atom. The highest BCUT2D eigenvalue weighted by Crippen LogP contribution is 2.20. The zero-order chi connectivity index (χ0) is 13.7. The lowest BCUT2D eigenvalue weighted by atomic mass is 10.3. The van der Waals surface area contributed by atoms with Gasteiger partial charge in [-0.05, 0) is 37.4 Å². The number of thioether (sulfide) groups is 1. The van der Waals surface area contributed by atoms with Crippen LogP contribution < -0.4 is 4.74 Å². The summed E-state index contributed by atoms with van der Waals surface area (Å²) in [6.07, 6.45) is 1.57. The second-order valence-corrected chi connectivity index (χ2v) is 5.25. The average Bonchev–Trinajstić information content (AvgIpc) is 2.48. The number of rotatable bonds is 4. The van der Waals surface area contributed by atoms with Crippen molar-refractivity contribution in [1.82, 2.24) is 4.90 Å². The van der Waals surface area contributed by atoms with Gasteiger partial charge in [-0.1, -0.05) is 0 Å². The molecule has 1 aromatic carbocycles. The first-order valence-corrected chi connectivity index (χ1v) is 7.60. The van der Waals surface area contributed by atoms with Gasteiger partial charge in [-0.25, -0.2) is 0 Å². The Bertz CT molecular complexity index is 415. The van der Waals surface area contributed by atoms with Crippen LogP contribution in [0.15, 0.2) is 29.2 Å². The second kappa shape index (κ2) is 6.82. The molecule has 19 heavy (non-hydrogen) atoms. The molecular formula is C14H19NO3S. The van der Waals surface area contributed by atoms with Crippen LogP contribution in [0.2, 0.25) is 0 Å². The van der Waals surface area contributed by atoms with Crippen LogP contribution in [0.4, 0.5) is 0 Å². The van der Waals surface area contributed by atoms with E-state index in [0.717, 1.165) is 5.75 Å². The van der Waals surface area contributed by atoms with Gasteiger partial charge < -0.3 is 14.4 Å². The number of hydrogen-bond acceptors (Lipinski definition) is 4. The average molecular weight is 281 g/mol. The van der Waals surface area contributed by atoms with E-state index in [2.05, 4.69) is 0 Å². The molecule has 0 N–H and O–H groups in total. The summed E-state index contributed by atoms with van der Waals surface area (Å²) < 4.78 is 10.9. The molecule has 104 valence electrons. The monoisotopic (exact) mass is 281 g/mol. The normalized spacial score (nSPS) is 17.1. The molecule has 1 aromatic rings. The molecule has 0 bridgehead atoms. The minimum atomic E-state index is -0.460. The van der Waals surface area contributed by atoms with Crippen LogP contribution in [-0.4, -0.2) is 49.5 Å². The van der Waals surface area contributed by atoms with E-state index in [1.54, 1.807) is 23.6 Å². The maximum atomic E-state index is 12.2. The molecular weight excluding hydrogens is 262 g/mol. The molecule has 0 aliphatic carbocycles. The van der Waals surface area contributed by atoms with E-state index in [1.165, 1.54) is 4.90 Å². The van der Waals surface area contributed by atoms with Crippen molar-refractivity contribution in [2.24, 2.45) is 0 Å². The minimum absolute atomic E-state index is 0.0252. The maximum Gasteiger partial charge on any atom is 0.263 e. The molecule has 0 aromatic heterocycles. The van der Waals surface area contributed by atoms with Crippen LogP contribution in [0.5, 0.6) is 5.75 Å². The molecule has 2 rings (SSSR count). The van der Waals surface area contributed by atoms with Crippen LogP contribution in [0.25, 0.3) is 0 Å². The highest BCUT2D eigenvalue weighted by atomic mass is 32.2. The molecule has 0 saturated carbocycles. The lowest BCUT2D eigenvalue weighted by Gasteiger charge is -2.29. The lowest BCUT2D eigenvalue weighted by Crippen LogP contribution is -2.46. The number of nitrogens with zero attached hydrogens (tertiary/aromatic N) is 1. The summed E-state index contributed by atoms with van der Waals surface area (Å²) in [5.41, 5.74) is 0. The number of carbonyl (C=O) groups is 1. The zero-order valence-electron chi connectivity index (χ0n) is 11.3. The molecule has 1 amide bonds. The van der Waals surface area contributed by atoms with Gasteiger partial charge >= 0.3 is 0 Å². The van der Waals surface area contributed by atoms with E-state index in [1.807, 2.05) is 30.5 Å². The van der Waals surface area contributed by atoms with Gasteiger partial charge in [0.25, 0.3) is 5.91 Å². The predicted molar refractivity (Wildman–Crippen MR) is 75.7 cm³/mol. The van der Waals surface area contributed by atoms with Gasteiger partial charge in [0.05, 0.1) is 13.2 Å². The van der Waals surface area contributed by atoms with Crippen molar-refractivity contribution >= 4 is 17.7 Å². The van der Waals surface area contributed by atoms with Crippen molar-refractivity contribution in [3.8, 4) is 5.75 Å². The standard InChI is InChI=1S/C14H19NO3S/c1-11(14(16)15-7-9-17-10-8-15)18-12-3-5-13(19-2)6-4-12/h3-6,11H,7-10H2,1-2H3. The first-order valence-electron chi connectivity index (χ1n) is 6.38. The van der Waals surface area contributed by atoms with Gasteiger partial charge in [0.15, 0.2) is 6.10 Å². The van der Waals surface area contributed by atoms with E-state index >= 15 is 0 Å². The topological polar surface area (TPSA) is 38.8 Å². The number of morpholine rings is 1. The fraction of sp³-hybridized carbons (Fsp3) is 0.500. The molecule has 1 atom stereocenters. The summed E-state index contributed by atoms with van der Waals surface area (Å²) in [5.74, 6) is 0.754. The Kier molecular flexibility index (Phi) is 5.10. The molecule has 1 aliphatic rings. The van der Waals surface area contributed by atoms with E-state index in [4.69, 9.17) is 9.47 Å². The number of amides is 1. The number of carbonyl (C=O) groups excluding carboxylic acids is 1. The molecule has 5 heteroatoms. The summed E-state index contributed by atoms with van der Waals surface area (Å²) in [7, 11) is 0. The number of ether oxygens (including phenoxy) is 2. The molecule has 1 heterocycles. The van der Waals surface area contributed by atoms with E-state index < -0.39 is 6.10 Å². The summed E-state index contributed by atoms with van der Waals surface area (Å²) >= 11 is 1.68. The number of hydrogen-bond donors (Lipinski definition) is 0. The molecule has 0 spiro atoms. The predicted octanol–water partition coefficient (Wildman–Crippen LogP) is 2.03. The van der Waals surface area contributed by atoms with Gasteiger partial charge in [-0.15, -0.1) is 11.8 Å². The second-order valence-electron chi connectivity index (χ2n) is 4.37. The lowest BCUT2D eigenvalue weighted by molar-refractivity contribution is -0.142. The van der Waals surface area contributed by atoms with E-state index in [-0.39, 0.29) is 5.91 Å². The van der Waals surface area contributed by atoms with Gasteiger partial charge in [0.1, 0.15) is 5.75 Å². The van der Waals surface area contributed by atoms with Gasteiger partial charge in [-0.2, -0.15) is 0 Å². The Morgan fingerprint density at radius 1 is 1.32 bits per heavy atom. The molecule has 1 unspecified atom stereocenters. The SMILES string of the molecule is CSc1ccc(OC(C)C(=O)N2CCOCC2)cc1.